The highest BCUT2D eigenvalue weighted by Gasteiger charge is 2.42. The number of imidazole rings is 1. The molecule has 5 rings (SSSR count). The fourth-order valence-corrected chi connectivity index (χ4v) is 5.90. The maximum absolute atomic E-state index is 13.7. The number of rotatable bonds is 6. The number of nitrogens with one attached hydrogen (secondary N) is 1. The van der Waals surface area contributed by atoms with Gasteiger partial charge in [-0.1, -0.05) is 54.1 Å². The van der Waals surface area contributed by atoms with E-state index in [-0.39, 0.29) is 22.8 Å². The highest BCUT2D eigenvalue weighted by Crippen LogP contribution is 2.39. The summed E-state index contributed by atoms with van der Waals surface area (Å²) in [7, 11) is -4.03. The summed E-state index contributed by atoms with van der Waals surface area (Å²) in [5.41, 5.74) is 1.15. The number of hydrogen-bond acceptors (Lipinski definition) is 4. The van der Waals surface area contributed by atoms with Gasteiger partial charge < -0.3 is 9.72 Å². The molecule has 10 heteroatoms. The number of aromatic nitrogens is 2. The Morgan fingerprint density at radius 2 is 1.64 bits per heavy atom. The van der Waals surface area contributed by atoms with Crippen molar-refractivity contribution in [1.82, 2.24) is 9.97 Å². The second-order valence-corrected chi connectivity index (χ2v) is 12.1. The molecule has 5 nitrogen and oxygen atoms in total. The van der Waals surface area contributed by atoms with Gasteiger partial charge in [-0.15, -0.1) is 0 Å². The van der Waals surface area contributed by atoms with Crippen LogP contribution >= 0.6 is 11.6 Å². The normalized spacial score (nSPS) is 17.6. The van der Waals surface area contributed by atoms with Crippen molar-refractivity contribution in [1.29, 1.82) is 0 Å². The summed E-state index contributed by atoms with van der Waals surface area (Å²) in [4.78, 5) is 6.74. The first-order valence-electron chi connectivity index (χ1n) is 11.8. The molecule has 1 aliphatic rings. The number of sulfone groups is 1. The summed E-state index contributed by atoms with van der Waals surface area (Å²) in [6.07, 6.45) is 2.01. The minimum absolute atomic E-state index is 0.169. The van der Waals surface area contributed by atoms with E-state index < -0.39 is 26.3 Å². The molecule has 1 N–H and O–H groups in total. The fourth-order valence-electron chi connectivity index (χ4n) is 4.29. The average Bonchev–Trinajstić information content (AvgIpc) is 3.41. The molecule has 1 aliphatic carbocycles. The maximum Gasteiger partial charge on any atom is 0.416 e. The molecule has 39 heavy (non-hydrogen) atoms. The number of aromatic amines is 1. The van der Waals surface area contributed by atoms with E-state index >= 15 is 0 Å². The lowest BCUT2D eigenvalue weighted by Crippen LogP contribution is -2.35. The maximum atomic E-state index is 13.7. The summed E-state index contributed by atoms with van der Waals surface area (Å²) in [5.74, 6) is 1.25. The number of hydrogen-bond donors (Lipinski definition) is 1. The Balaban J connectivity index is 1.35. The van der Waals surface area contributed by atoms with Gasteiger partial charge >= 0.3 is 6.18 Å². The average molecular weight is 571 g/mol. The zero-order valence-electron chi connectivity index (χ0n) is 20.5. The molecular weight excluding hydrogens is 549 g/mol. The molecule has 1 unspecified atom stereocenters. The number of benzene rings is 3. The Hall–Kier alpha value is -3.82. The molecule has 0 fully saturated rings. The van der Waals surface area contributed by atoms with Gasteiger partial charge in [-0.25, -0.2) is 13.4 Å². The van der Waals surface area contributed by atoms with E-state index in [0.29, 0.717) is 16.5 Å². The van der Waals surface area contributed by atoms with Crippen LogP contribution in [0.15, 0.2) is 102 Å². The largest absolute Gasteiger partial charge is 0.457 e. The Morgan fingerprint density at radius 3 is 2.31 bits per heavy atom. The van der Waals surface area contributed by atoms with Gasteiger partial charge in [0, 0.05) is 10.6 Å². The second kappa shape index (κ2) is 10.1. The lowest BCUT2D eigenvalue weighted by atomic mass is 9.90. The Labute approximate surface area is 228 Å². The van der Waals surface area contributed by atoms with Crippen LogP contribution in [-0.2, 0) is 16.0 Å². The van der Waals surface area contributed by atoms with Crippen LogP contribution in [0, 0.1) is 0 Å². The molecule has 0 aliphatic heterocycles. The van der Waals surface area contributed by atoms with Crippen LogP contribution in [0.5, 0.6) is 11.5 Å². The van der Waals surface area contributed by atoms with Crippen molar-refractivity contribution in [2.75, 3.05) is 0 Å². The fraction of sp³-hybridized carbons (Fsp3) is 0.138. The number of ether oxygens (including phenoxy) is 1. The van der Waals surface area contributed by atoms with Gasteiger partial charge in [0.05, 0.1) is 22.2 Å². The topological polar surface area (TPSA) is 72.0 Å². The van der Waals surface area contributed by atoms with Crippen molar-refractivity contribution in [3.8, 4) is 22.8 Å². The van der Waals surface area contributed by atoms with Crippen LogP contribution in [0.3, 0.4) is 0 Å². The molecule has 4 aromatic rings. The predicted molar refractivity (Wildman–Crippen MR) is 144 cm³/mol. The van der Waals surface area contributed by atoms with Crippen molar-refractivity contribution in [3.05, 3.63) is 113 Å². The van der Waals surface area contributed by atoms with E-state index in [2.05, 4.69) is 9.97 Å². The van der Waals surface area contributed by atoms with Crippen LogP contribution in [-0.4, -0.2) is 23.1 Å². The van der Waals surface area contributed by atoms with Crippen LogP contribution in [0.1, 0.15) is 24.5 Å². The summed E-state index contributed by atoms with van der Waals surface area (Å²) in [5, 5.41) is 0.296. The second-order valence-electron chi connectivity index (χ2n) is 9.30. The number of H-pyrrole nitrogens is 1. The van der Waals surface area contributed by atoms with E-state index in [4.69, 9.17) is 16.3 Å². The Morgan fingerprint density at radius 1 is 0.974 bits per heavy atom. The van der Waals surface area contributed by atoms with Crippen LogP contribution in [0.4, 0.5) is 13.2 Å². The molecule has 0 radical (unpaired) electrons. The number of allylic oxidation sites excluding steroid dienone is 3. The first kappa shape index (κ1) is 26.8. The van der Waals surface area contributed by atoms with Crippen LogP contribution in [0.25, 0.3) is 16.8 Å². The monoisotopic (exact) mass is 570 g/mol. The van der Waals surface area contributed by atoms with Crippen molar-refractivity contribution in [3.63, 3.8) is 0 Å². The summed E-state index contributed by atoms with van der Waals surface area (Å²) >= 11 is 5.91. The smallest absolute Gasteiger partial charge is 0.416 e. The van der Waals surface area contributed by atoms with Gasteiger partial charge in [0.15, 0.2) is 0 Å². The minimum atomic E-state index is -4.52. The summed E-state index contributed by atoms with van der Waals surface area (Å²) < 4.78 is 71.2. The zero-order valence-corrected chi connectivity index (χ0v) is 22.1. The van der Waals surface area contributed by atoms with Gasteiger partial charge in [-0.3, -0.25) is 0 Å². The third-order valence-electron chi connectivity index (χ3n) is 6.48. The standard InChI is InChI=1S/C29H22ClF3N2O3S/c1-28(39(36,37)27-34-18-26(35-27)20-4-2-6-22(16-20)29(31,32)33)15-3-5-21(17-28)19-7-11-24(12-8-19)38-25-13-9-23(30)10-14-25/h2-16,18H,17H2,1H3,(H,34,35). The first-order valence-corrected chi connectivity index (χ1v) is 13.7. The number of nitrogens with zero attached hydrogens (tertiary/aromatic N) is 1. The van der Waals surface area contributed by atoms with Crippen LogP contribution < -0.4 is 4.74 Å². The van der Waals surface area contributed by atoms with Gasteiger partial charge in [0.25, 0.3) is 0 Å². The molecule has 0 saturated heterocycles. The molecule has 0 spiro atoms. The lowest BCUT2D eigenvalue weighted by molar-refractivity contribution is -0.137. The van der Waals surface area contributed by atoms with Crippen LogP contribution in [0.2, 0.25) is 5.02 Å². The van der Waals surface area contributed by atoms with E-state index in [0.717, 1.165) is 23.3 Å². The molecular formula is C29H22ClF3N2O3S. The summed E-state index contributed by atoms with van der Waals surface area (Å²) in [6, 6.07) is 18.9. The van der Waals surface area contributed by atoms with Crippen molar-refractivity contribution < 1.29 is 26.3 Å². The van der Waals surface area contributed by atoms with Crippen molar-refractivity contribution in [2.45, 2.75) is 29.4 Å². The molecule has 1 heterocycles. The first-order chi connectivity index (χ1) is 18.4. The van der Waals surface area contributed by atoms with Gasteiger partial charge in [0.1, 0.15) is 11.5 Å². The lowest BCUT2D eigenvalue weighted by Gasteiger charge is -2.28. The predicted octanol–water partition coefficient (Wildman–Crippen LogP) is 8.12. The van der Waals surface area contributed by atoms with Crippen molar-refractivity contribution >= 4 is 27.0 Å². The highest BCUT2D eigenvalue weighted by molar-refractivity contribution is 7.92. The number of alkyl halides is 3. The Bertz CT molecular complexity index is 1680. The molecule has 200 valence electrons. The van der Waals surface area contributed by atoms with Crippen molar-refractivity contribution in [2.24, 2.45) is 0 Å². The minimum Gasteiger partial charge on any atom is -0.457 e. The van der Waals surface area contributed by atoms with Gasteiger partial charge in [0.2, 0.25) is 15.0 Å². The van der Waals surface area contributed by atoms with E-state index in [1.165, 1.54) is 18.3 Å². The molecule has 0 saturated carbocycles. The quantitative estimate of drug-likeness (QED) is 0.254. The van der Waals surface area contributed by atoms with Gasteiger partial charge in [-0.2, -0.15) is 13.2 Å². The molecule has 1 aromatic heterocycles. The third-order valence-corrected chi connectivity index (χ3v) is 8.96. The Kier molecular flexibility index (Phi) is 6.90. The van der Waals surface area contributed by atoms with Gasteiger partial charge in [-0.05, 0) is 73.0 Å². The molecule has 0 bridgehead atoms. The van der Waals surface area contributed by atoms with E-state index in [9.17, 15) is 21.6 Å². The molecule has 0 amide bonds. The highest BCUT2D eigenvalue weighted by atomic mass is 35.5. The molecule has 1 atom stereocenters. The molecule has 3 aromatic carbocycles. The van der Waals surface area contributed by atoms with E-state index in [1.54, 1.807) is 55.5 Å². The zero-order chi connectivity index (χ0) is 27.8. The third kappa shape index (κ3) is 5.51. The number of halogens is 4. The SMILES string of the molecule is CC1(S(=O)(=O)c2ncc(-c3cccc(C(F)(F)F)c3)[nH]2)C=CC=C(c2ccc(Oc3ccc(Cl)cc3)cc2)C1. The summed E-state index contributed by atoms with van der Waals surface area (Å²) in [6.45, 7) is 1.59. The van der Waals surface area contributed by atoms with E-state index in [1.807, 2.05) is 18.2 Å².